The summed E-state index contributed by atoms with van der Waals surface area (Å²) in [5.74, 6) is -0.126. The molecule has 4 heteroatoms. The fourth-order valence-electron chi connectivity index (χ4n) is 4.06. The van der Waals surface area contributed by atoms with E-state index in [1.807, 2.05) is 30.3 Å². The minimum Gasteiger partial charge on any atom is -0.372 e. The molecule has 2 unspecified atom stereocenters. The molecule has 0 bridgehead atoms. The molecule has 1 fully saturated rings. The van der Waals surface area contributed by atoms with Crippen LogP contribution >= 0.6 is 0 Å². The number of anilines is 1. The summed E-state index contributed by atoms with van der Waals surface area (Å²) in [6.45, 7) is 0. The van der Waals surface area contributed by atoms with Crippen molar-refractivity contribution in [1.29, 1.82) is 5.26 Å². The van der Waals surface area contributed by atoms with Crippen LogP contribution in [0.2, 0.25) is 0 Å². The number of carbonyl (C=O) groups is 1. The molecule has 0 amide bonds. The molecule has 0 radical (unpaired) electrons. The largest absolute Gasteiger partial charge is 0.372 e. The summed E-state index contributed by atoms with van der Waals surface area (Å²) in [6.07, 6.45) is 2.57. The Kier molecular flexibility index (Phi) is 3.38. The number of nitrogens with zero attached hydrogens (tertiary/aromatic N) is 1. The molecule has 1 heterocycles. The number of nitrogens with one attached hydrogen (secondary N) is 1. The molecule has 0 aromatic heterocycles. The number of benzene rings is 2. The predicted octanol–water partition coefficient (Wildman–Crippen LogP) is 3.94. The van der Waals surface area contributed by atoms with Gasteiger partial charge in [0, 0.05) is 18.5 Å². The number of Topliss-reactive ketones (excluding diaryl/α,β-unsaturated/α-hetero) is 1. The number of hydrogen-bond acceptors (Lipinski definition) is 3. The summed E-state index contributed by atoms with van der Waals surface area (Å²) in [6, 6.07) is 14.7. The SMILES string of the molecule is N#Cc1ccc(C2CCC(=O)C3(Cc4ccccc4N3)C2)cc1F. The first-order chi connectivity index (χ1) is 11.6. The molecular formula is C20H17FN2O. The Morgan fingerprint density at radius 3 is 2.83 bits per heavy atom. The number of hydrogen-bond donors (Lipinski definition) is 1. The highest BCUT2D eigenvalue weighted by atomic mass is 19.1. The number of halogens is 1. The van der Waals surface area contributed by atoms with Crippen molar-refractivity contribution in [2.24, 2.45) is 0 Å². The zero-order valence-electron chi connectivity index (χ0n) is 13.2. The second-order valence-corrected chi connectivity index (χ2v) is 6.76. The lowest BCUT2D eigenvalue weighted by Crippen LogP contribution is -2.48. The van der Waals surface area contributed by atoms with Gasteiger partial charge in [-0.3, -0.25) is 4.79 Å². The van der Waals surface area contributed by atoms with Crippen molar-refractivity contribution in [3.8, 4) is 6.07 Å². The van der Waals surface area contributed by atoms with Gasteiger partial charge in [0.2, 0.25) is 0 Å². The highest BCUT2D eigenvalue weighted by Crippen LogP contribution is 2.44. The van der Waals surface area contributed by atoms with E-state index in [2.05, 4.69) is 11.4 Å². The molecule has 1 spiro atoms. The van der Waals surface area contributed by atoms with Gasteiger partial charge in [-0.15, -0.1) is 0 Å². The summed E-state index contributed by atoms with van der Waals surface area (Å²) in [7, 11) is 0. The van der Waals surface area contributed by atoms with Gasteiger partial charge in [0.05, 0.1) is 5.56 Å². The third kappa shape index (κ3) is 2.28. The number of carbonyl (C=O) groups excluding carboxylic acids is 1. The monoisotopic (exact) mass is 320 g/mol. The molecular weight excluding hydrogens is 303 g/mol. The van der Waals surface area contributed by atoms with E-state index < -0.39 is 11.4 Å². The first kappa shape index (κ1) is 14.9. The summed E-state index contributed by atoms with van der Waals surface area (Å²) < 4.78 is 14.0. The highest BCUT2D eigenvalue weighted by Gasteiger charge is 2.47. The van der Waals surface area contributed by atoms with Crippen molar-refractivity contribution >= 4 is 11.5 Å². The van der Waals surface area contributed by atoms with E-state index in [1.54, 1.807) is 0 Å². The number of para-hydroxylation sites is 1. The van der Waals surface area contributed by atoms with Gasteiger partial charge in [-0.25, -0.2) is 4.39 Å². The van der Waals surface area contributed by atoms with E-state index >= 15 is 0 Å². The van der Waals surface area contributed by atoms with E-state index in [-0.39, 0.29) is 17.3 Å². The number of nitriles is 1. The van der Waals surface area contributed by atoms with Crippen LogP contribution < -0.4 is 5.32 Å². The van der Waals surface area contributed by atoms with Crippen LogP contribution in [-0.2, 0) is 11.2 Å². The summed E-state index contributed by atoms with van der Waals surface area (Å²) in [5, 5.41) is 12.3. The van der Waals surface area contributed by atoms with Gasteiger partial charge in [-0.2, -0.15) is 5.26 Å². The molecule has 1 saturated carbocycles. The minimum atomic E-state index is -0.572. The lowest BCUT2D eigenvalue weighted by Gasteiger charge is -2.37. The standard InChI is InChI=1S/C20H17FN2O/c21-17-9-13(5-6-16(17)12-22)14-7-8-19(24)20(10-14)11-15-3-1-2-4-18(15)23-20/h1-6,9,14,23H,7-8,10-11H2. The Labute approximate surface area is 140 Å². The Hall–Kier alpha value is -2.67. The third-order valence-corrected chi connectivity index (χ3v) is 5.32. The second-order valence-electron chi connectivity index (χ2n) is 6.76. The van der Waals surface area contributed by atoms with Gasteiger partial charge in [-0.1, -0.05) is 24.3 Å². The Bertz CT molecular complexity index is 843. The van der Waals surface area contributed by atoms with E-state index in [4.69, 9.17) is 5.26 Å². The smallest absolute Gasteiger partial charge is 0.158 e. The zero-order chi connectivity index (χ0) is 16.7. The molecule has 1 aliphatic carbocycles. The van der Waals surface area contributed by atoms with E-state index in [1.165, 1.54) is 12.1 Å². The van der Waals surface area contributed by atoms with E-state index in [0.29, 0.717) is 19.3 Å². The van der Waals surface area contributed by atoms with Crippen LogP contribution in [-0.4, -0.2) is 11.3 Å². The topological polar surface area (TPSA) is 52.9 Å². The molecule has 2 aromatic carbocycles. The van der Waals surface area contributed by atoms with Crippen LogP contribution in [0.3, 0.4) is 0 Å². The summed E-state index contributed by atoms with van der Waals surface area (Å²) >= 11 is 0. The lowest BCUT2D eigenvalue weighted by molar-refractivity contribution is -0.125. The van der Waals surface area contributed by atoms with Gasteiger partial charge in [-0.05, 0) is 48.1 Å². The van der Waals surface area contributed by atoms with Crippen LogP contribution in [0.25, 0.3) is 0 Å². The lowest BCUT2D eigenvalue weighted by atomic mass is 9.71. The molecule has 4 rings (SSSR count). The Morgan fingerprint density at radius 1 is 1.25 bits per heavy atom. The van der Waals surface area contributed by atoms with Crippen molar-refractivity contribution < 1.29 is 9.18 Å². The normalized spacial score (nSPS) is 25.2. The maximum atomic E-state index is 14.0. The van der Waals surface area contributed by atoms with Gasteiger partial charge in [0.1, 0.15) is 17.4 Å². The highest BCUT2D eigenvalue weighted by molar-refractivity contribution is 5.94. The zero-order valence-corrected chi connectivity index (χ0v) is 13.2. The quantitative estimate of drug-likeness (QED) is 0.866. The first-order valence-corrected chi connectivity index (χ1v) is 8.20. The molecule has 1 aliphatic heterocycles. The van der Waals surface area contributed by atoms with Crippen LogP contribution in [0, 0.1) is 17.1 Å². The molecule has 2 atom stereocenters. The predicted molar refractivity (Wildman–Crippen MR) is 89.2 cm³/mol. The molecule has 3 nitrogen and oxygen atoms in total. The van der Waals surface area contributed by atoms with Crippen molar-refractivity contribution in [3.05, 3.63) is 65.0 Å². The number of rotatable bonds is 1. The molecule has 120 valence electrons. The average molecular weight is 320 g/mol. The second kappa shape index (κ2) is 5.45. The third-order valence-electron chi connectivity index (χ3n) is 5.32. The van der Waals surface area contributed by atoms with E-state index in [9.17, 15) is 9.18 Å². The van der Waals surface area contributed by atoms with Crippen LogP contribution in [0.5, 0.6) is 0 Å². The van der Waals surface area contributed by atoms with Crippen molar-refractivity contribution in [2.75, 3.05) is 5.32 Å². The van der Waals surface area contributed by atoms with Crippen molar-refractivity contribution in [2.45, 2.75) is 37.1 Å². The van der Waals surface area contributed by atoms with Crippen molar-refractivity contribution in [1.82, 2.24) is 0 Å². The van der Waals surface area contributed by atoms with Crippen LogP contribution in [0.15, 0.2) is 42.5 Å². The maximum Gasteiger partial charge on any atom is 0.158 e. The van der Waals surface area contributed by atoms with E-state index in [0.717, 1.165) is 23.2 Å². The fourth-order valence-corrected chi connectivity index (χ4v) is 4.06. The molecule has 1 N–H and O–H groups in total. The summed E-state index contributed by atoms with van der Waals surface area (Å²) in [5.41, 5.74) is 2.55. The summed E-state index contributed by atoms with van der Waals surface area (Å²) in [4.78, 5) is 12.7. The van der Waals surface area contributed by atoms with Gasteiger partial charge in [0.15, 0.2) is 5.78 Å². The van der Waals surface area contributed by atoms with Gasteiger partial charge >= 0.3 is 0 Å². The Balaban J connectivity index is 1.64. The molecule has 0 saturated heterocycles. The minimum absolute atomic E-state index is 0.0618. The van der Waals surface area contributed by atoms with Gasteiger partial charge < -0.3 is 5.32 Å². The number of ketones is 1. The molecule has 2 aliphatic rings. The van der Waals surface area contributed by atoms with Gasteiger partial charge in [0.25, 0.3) is 0 Å². The maximum absolute atomic E-state index is 14.0. The average Bonchev–Trinajstić information content (AvgIpc) is 2.96. The first-order valence-electron chi connectivity index (χ1n) is 8.20. The van der Waals surface area contributed by atoms with Crippen LogP contribution in [0.4, 0.5) is 10.1 Å². The Morgan fingerprint density at radius 2 is 2.08 bits per heavy atom. The van der Waals surface area contributed by atoms with Crippen molar-refractivity contribution in [3.63, 3.8) is 0 Å². The molecule has 24 heavy (non-hydrogen) atoms. The number of fused-ring (bicyclic) bond motifs is 1. The van der Waals surface area contributed by atoms with Crippen LogP contribution in [0.1, 0.15) is 41.9 Å². The molecule has 2 aromatic rings. The fraction of sp³-hybridized carbons (Fsp3) is 0.300.